The second-order valence-electron chi connectivity index (χ2n) is 5.78. The number of anilines is 1. The molecule has 0 heterocycles. The average Bonchev–Trinajstić information content (AvgIpc) is 2.37. The van der Waals surface area contributed by atoms with Crippen LogP contribution < -0.4 is 10.5 Å². The largest absolute Gasteiger partial charge is 0.478 e. The topological polar surface area (TPSA) is 109 Å². The lowest BCUT2D eigenvalue weighted by molar-refractivity contribution is 0.0697. The monoisotopic (exact) mass is 312 g/mol. The summed E-state index contributed by atoms with van der Waals surface area (Å²) < 4.78 is 27.7. The molecular formula is C14H20N2O4S. The zero-order chi connectivity index (χ0) is 15.7. The number of carboxylic acids is 1. The summed E-state index contributed by atoms with van der Waals surface area (Å²) in [5.74, 6) is -1.14. The van der Waals surface area contributed by atoms with E-state index >= 15 is 0 Å². The first-order chi connectivity index (χ1) is 9.73. The molecule has 0 unspecified atom stereocenters. The number of hydrogen-bond donors (Lipinski definition) is 3. The van der Waals surface area contributed by atoms with Gasteiger partial charge in [-0.3, -0.25) is 0 Å². The Kier molecular flexibility index (Phi) is 4.25. The molecule has 0 aromatic heterocycles. The Labute approximate surface area is 124 Å². The maximum Gasteiger partial charge on any atom is 0.335 e. The first kappa shape index (κ1) is 15.8. The number of hydrogen-bond acceptors (Lipinski definition) is 4. The van der Waals surface area contributed by atoms with E-state index in [1.807, 2.05) is 6.92 Å². The van der Waals surface area contributed by atoms with Gasteiger partial charge >= 0.3 is 5.97 Å². The van der Waals surface area contributed by atoms with Crippen molar-refractivity contribution in [1.82, 2.24) is 4.72 Å². The lowest BCUT2D eigenvalue weighted by atomic mass is 9.84. The van der Waals surface area contributed by atoms with Crippen molar-refractivity contribution < 1.29 is 18.3 Å². The lowest BCUT2D eigenvalue weighted by Crippen LogP contribution is -2.47. The summed E-state index contributed by atoms with van der Waals surface area (Å²) in [6.45, 7) is 1.89. The van der Waals surface area contributed by atoms with Crippen LogP contribution >= 0.6 is 0 Å². The summed E-state index contributed by atoms with van der Waals surface area (Å²) in [5, 5.41) is 8.88. The number of aromatic carboxylic acids is 1. The van der Waals surface area contributed by atoms with E-state index in [4.69, 9.17) is 10.8 Å². The number of carbonyl (C=O) groups is 1. The average molecular weight is 312 g/mol. The summed E-state index contributed by atoms with van der Waals surface area (Å²) in [4.78, 5) is 10.8. The van der Waals surface area contributed by atoms with Crippen molar-refractivity contribution in [2.75, 3.05) is 5.73 Å². The van der Waals surface area contributed by atoms with E-state index < -0.39 is 21.5 Å². The molecule has 2 rings (SSSR count). The number of sulfonamides is 1. The molecule has 7 heteroatoms. The number of nitrogens with one attached hydrogen (secondary N) is 1. The zero-order valence-electron chi connectivity index (χ0n) is 11.9. The van der Waals surface area contributed by atoms with Crippen molar-refractivity contribution in [3.05, 3.63) is 23.8 Å². The minimum absolute atomic E-state index is 0.0321. The smallest absolute Gasteiger partial charge is 0.335 e. The molecular weight excluding hydrogens is 292 g/mol. The standard InChI is InChI=1S/C14H20N2O4S/c1-14(7-3-2-4-8-14)16-21(19,20)12-6-5-10(13(17)18)9-11(12)15/h5-6,9,16H,2-4,7-8,15H2,1H3,(H,17,18). The highest BCUT2D eigenvalue weighted by atomic mass is 32.2. The van der Waals surface area contributed by atoms with Gasteiger partial charge in [0.05, 0.1) is 11.3 Å². The van der Waals surface area contributed by atoms with E-state index in [1.54, 1.807) is 0 Å². The van der Waals surface area contributed by atoms with Gasteiger partial charge in [-0.15, -0.1) is 0 Å². The van der Waals surface area contributed by atoms with Crippen LogP contribution in [0.4, 0.5) is 5.69 Å². The second kappa shape index (κ2) is 5.65. The van der Waals surface area contributed by atoms with Crippen LogP contribution in [0.3, 0.4) is 0 Å². The van der Waals surface area contributed by atoms with Gasteiger partial charge in [0.2, 0.25) is 10.0 Å². The molecule has 4 N–H and O–H groups in total. The van der Waals surface area contributed by atoms with Gasteiger partial charge in [-0.05, 0) is 38.0 Å². The van der Waals surface area contributed by atoms with Gasteiger partial charge < -0.3 is 10.8 Å². The van der Waals surface area contributed by atoms with Crippen LogP contribution in [0.1, 0.15) is 49.4 Å². The van der Waals surface area contributed by atoms with Gasteiger partial charge in [0.25, 0.3) is 0 Å². The third kappa shape index (κ3) is 3.54. The molecule has 6 nitrogen and oxygen atoms in total. The van der Waals surface area contributed by atoms with Gasteiger partial charge in [0.1, 0.15) is 4.90 Å². The van der Waals surface area contributed by atoms with Crippen LogP contribution in [0.5, 0.6) is 0 Å². The Morgan fingerprint density at radius 3 is 2.43 bits per heavy atom. The third-order valence-electron chi connectivity index (χ3n) is 3.88. The Morgan fingerprint density at radius 1 is 1.29 bits per heavy atom. The van der Waals surface area contributed by atoms with Crippen molar-refractivity contribution in [1.29, 1.82) is 0 Å². The molecule has 116 valence electrons. The van der Waals surface area contributed by atoms with Crippen molar-refractivity contribution >= 4 is 21.7 Å². The van der Waals surface area contributed by atoms with E-state index in [9.17, 15) is 13.2 Å². The SMILES string of the molecule is CC1(NS(=O)(=O)c2ccc(C(=O)O)cc2N)CCCCC1. The quantitative estimate of drug-likeness (QED) is 0.736. The Balaban J connectivity index is 2.29. The maximum atomic E-state index is 12.5. The molecule has 0 bridgehead atoms. The number of rotatable bonds is 4. The summed E-state index contributed by atoms with van der Waals surface area (Å²) in [7, 11) is -3.76. The molecule has 21 heavy (non-hydrogen) atoms. The van der Waals surface area contributed by atoms with E-state index in [2.05, 4.69) is 4.72 Å². The predicted octanol–water partition coefficient (Wildman–Crippen LogP) is 1.97. The third-order valence-corrected chi connectivity index (χ3v) is 5.60. The van der Waals surface area contributed by atoms with E-state index in [0.29, 0.717) is 0 Å². The maximum absolute atomic E-state index is 12.5. The van der Waals surface area contributed by atoms with Crippen molar-refractivity contribution in [3.8, 4) is 0 Å². The lowest BCUT2D eigenvalue weighted by Gasteiger charge is -2.34. The highest BCUT2D eigenvalue weighted by Gasteiger charge is 2.32. The van der Waals surface area contributed by atoms with Crippen LogP contribution in [-0.4, -0.2) is 25.0 Å². The highest BCUT2D eigenvalue weighted by molar-refractivity contribution is 7.89. The van der Waals surface area contributed by atoms with Crippen molar-refractivity contribution in [2.24, 2.45) is 0 Å². The molecule has 1 aliphatic rings. The number of nitrogen functional groups attached to an aromatic ring is 1. The Bertz CT molecular complexity index is 649. The van der Waals surface area contributed by atoms with Gasteiger partial charge in [-0.2, -0.15) is 0 Å². The summed E-state index contributed by atoms with van der Waals surface area (Å²) in [5.41, 5.74) is 5.16. The van der Waals surface area contributed by atoms with Crippen LogP contribution in [0.25, 0.3) is 0 Å². The first-order valence-electron chi connectivity index (χ1n) is 6.90. The Morgan fingerprint density at radius 2 is 1.90 bits per heavy atom. The molecule has 1 aromatic carbocycles. The summed E-state index contributed by atoms with van der Waals surface area (Å²) in [6.07, 6.45) is 4.68. The highest BCUT2D eigenvalue weighted by Crippen LogP contribution is 2.30. The predicted molar refractivity (Wildman–Crippen MR) is 79.6 cm³/mol. The Hall–Kier alpha value is -1.60. The first-order valence-corrected chi connectivity index (χ1v) is 8.39. The second-order valence-corrected chi connectivity index (χ2v) is 7.44. The fourth-order valence-corrected chi connectivity index (χ4v) is 4.32. The number of nitrogens with two attached hydrogens (primary N) is 1. The fraction of sp³-hybridized carbons (Fsp3) is 0.500. The van der Waals surface area contributed by atoms with Gasteiger partial charge in [-0.1, -0.05) is 19.3 Å². The van der Waals surface area contributed by atoms with E-state index in [0.717, 1.165) is 32.1 Å². The van der Waals surface area contributed by atoms with Crippen LogP contribution in [0.15, 0.2) is 23.1 Å². The van der Waals surface area contributed by atoms with Crippen LogP contribution in [-0.2, 0) is 10.0 Å². The molecule has 1 fully saturated rings. The van der Waals surface area contributed by atoms with Crippen LogP contribution in [0, 0.1) is 0 Å². The normalized spacial score (nSPS) is 18.3. The van der Waals surface area contributed by atoms with E-state index in [-0.39, 0.29) is 16.1 Å². The minimum atomic E-state index is -3.76. The van der Waals surface area contributed by atoms with Gasteiger partial charge in [0, 0.05) is 5.54 Å². The molecule has 0 saturated heterocycles. The fourth-order valence-electron chi connectivity index (χ4n) is 2.74. The van der Waals surface area contributed by atoms with Crippen molar-refractivity contribution in [3.63, 3.8) is 0 Å². The van der Waals surface area contributed by atoms with Gasteiger partial charge in [-0.25, -0.2) is 17.9 Å². The molecule has 0 radical (unpaired) electrons. The molecule has 1 aromatic rings. The minimum Gasteiger partial charge on any atom is -0.478 e. The molecule has 0 atom stereocenters. The number of benzene rings is 1. The zero-order valence-corrected chi connectivity index (χ0v) is 12.7. The summed E-state index contributed by atoms with van der Waals surface area (Å²) >= 11 is 0. The molecule has 0 spiro atoms. The van der Waals surface area contributed by atoms with Crippen molar-refractivity contribution in [2.45, 2.75) is 49.5 Å². The van der Waals surface area contributed by atoms with Gasteiger partial charge in [0.15, 0.2) is 0 Å². The molecule has 1 saturated carbocycles. The van der Waals surface area contributed by atoms with E-state index in [1.165, 1.54) is 18.2 Å². The molecule has 0 aliphatic heterocycles. The number of carboxylic acid groups (broad SMARTS) is 1. The molecule has 1 aliphatic carbocycles. The van der Waals surface area contributed by atoms with Crippen LogP contribution in [0.2, 0.25) is 0 Å². The summed E-state index contributed by atoms with van der Waals surface area (Å²) in [6, 6.07) is 3.66. The molecule has 0 amide bonds.